The molecule has 0 saturated heterocycles. The first kappa shape index (κ1) is 16.6. The van der Waals surface area contributed by atoms with Crippen molar-refractivity contribution in [2.24, 2.45) is 0 Å². The van der Waals surface area contributed by atoms with Crippen molar-refractivity contribution in [3.05, 3.63) is 70.5 Å². The van der Waals surface area contributed by atoms with Crippen LogP contribution < -0.4 is 4.72 Å². The zero-order valence-electron chi connectivity index (χ0n) is 12.7. The van der Waals surface area contributed by atoms with Crippen LogP contribution >= 0.6 is 11.3 Å². The minimum Gasteiger partial charge on any atom is -0.269 e. The third-order valence-electron chi connectivity index (χ3n) is 3.45. The molecule has 0 fully saturated rings. The molecule has 124 valence electrons. The molecule has 3 rings (SSSR count). The third-order valence-corrected chi connectivity index (χ3v) is 4.85. The van der Waals surface area contributed by atoms with Crippen LogP contribution in [0, 0.1) is 0 Å². The predicted octanol–water partition coefficient (Wildman–Crippen LogP) is 3.81. The molecule has 0 bridgehead atoms. The summed E-state index contributed by atoms with van der Waals surface area (Å²) in [7, 11) is -4.23. The van der Waals surface area contributed by atoms with Crippen LogP contribution in [0.2, 0.25) is 0 Å². The topological polar surface area (TPSA) is 79.3 Å². The van der Waals surface area contributed by atoms with E-state index in [0.717, 1.165) is 34.7 Å². The van der Waals surface area contributed by atoms with Crippen LogP contribution in [-0.4, -0.2) is 18.0 Å². The molecule has 24 heavy (non-hydrogen) atoms. The molecule has 0 spiro atoms. The highest BCUT2D eigenvalue weighted by atomic mass is 32.2. The highest BCUT2D eigenvalue weighted by Gasteiger charge is 2.06. The number of benzene rings is 2. The molecule has 0 saturated carbocycles. The van der Waals surface area contributed by atoms with Crippen molar-refractivity contribution in [1.29, 1.82) is 0 Å². The molecule has 2 N–H and O–H groups in total. The lowest BCUT2D eigenvalue weighted by Gasteiger charge is -2.04. The van der Waals surface area contributed by atoms with Crippen molar-refractivity contribution in [3.63, 3.8) is 0 Å². The quantitative estimate of drug-likeness (QED) is 0.655. The summed E-state index contributed by atoms with van der Waals surface area (Å²) in [5, 5.41) is 3.12. The van der Waals surface area contributed by atoms with Gasteiger partial charge in [-0.05, 0) is 24.1 Å². The van der Waals surface area contributed by atoms with Crippen LogP contribution in [0.15, 0.2) is 60.0 Å². The Hall–Kier alpha value is -2.22. The van der Waals surface area contributed by atoms with E-state index in [1.165, 1.54) is 0 Å². The number of hydrogen-bond acceptors (Lipinski definition) is 4. The normalized spacial score (nSPS) is 11.4. The third kappa shape index (κ3) is 4.64. The summed E-state index contributed by atoms with van der Waals surface area (Å²) in [6.45, 7) is 0. The lowest BCUT2D eigenvalue weighted by Crippen LogP contribution is -2.10. The van der Waals surface area contributed by atoms with Gasteiger partial charge in [-0.25, -0.2) is 4.98 Å². The number of aromatic nitrogens is 1. The summed E-state index contributed by atoms with van der Waals surface area (Å²) in [4.78, 5) is 4.66. The fourth-order valence-corrected chi connectivity index (χ4v) is 3.55. The van der Waals surface area contributed by atoms with Gasteiger partial charge in [-0.15, -0.1) is 11.3 Å². The highest BCUT2D eigenvalue weighted by Crippen LogP contribution is 2.22. The molecule has 1 heterocycles. The molecule has 1 aromatic heterocycles. The van der Waals surface area contributed by atoms with Crippen molar-refractivity contribution < 1.29 is 13.0 Å². The Morgan fingerprint density at radius 3 is 2.38 bits per heavy atom. The molecular weight excluding hydrogens is 344 g/mol. The molecule has 0 aliphatic carbocycles. The maximum Gasteiger partial charge on any atom is 0.357 e. The molecule has 0 atom stereocenters. The van der Waals surface area contributed by atoms with Gasteiger partial charge >= 0.3 is 10.3 Å². The Morgan fingerprint density at radius 2 is 1.71 bits per heavy atom. The second-order valence-corrected chi connectivity index (χ2v) is 7.36. The maximum absolute atomic E-state index is 10.8. The standard InChI is InChI=1S/C17H16N2O3S2/c20-24(21,22)19-15-9-6-13(7-10-15)8-11-17-18-16(12-23-17)14-4-2-1-3-5-14/h1-7,9-10,12,19H,8,11H2,(H,20,21,22). The van der Waals surface area contributed by atoms with E-state index in [1.807, 2.05) is 47.2 Å². The first-order valence-electron chi connectivity index (χ1n) is 7.33. The van der Waals surface area contributed by atoms with Gasteiger partial charge in [-0.2, -0.15) is 8.42 Å². The Kier molecular flexibility index (Phi) is 4.94. The number of aryl methyl sites for hydroxylation is 2. The van der Waals surface area contributed by atoms with Crippen LogP contribution in [-0.2, 0) is 23.1 Å². The lowest BCUT2D eigenvalue weighted by atomic mass is 10.1. The Labute approximate surface area is 144 Å². The summed E-state index contributed by atoms with van der Waals surface area (Å²) < 4.78 is 32.3. The minimum atomic E-state index is -4.23. The molecule has 0 aliphatic rings. The summed E-state index contributed by atoms with van der Waals surface area (Å²) >= 11 is 1.64. The zero-order valence-corrected chi connectivity index (χ0v) is 14.3. The predicted molar refractivity (Wildman–Crippen MR) is 96.6 cm³/mol. The van der Waals surface area contributed by atoms with Gasteiger partial charge in [0.1, 0.15) is 0 Å². The molecule has 7 heteroatoms. The Bertz CT molecular complexity index is 905. The Balaban J connectivity index is 1.61. The van der Waals surface area contributed by atoms with E-state index in [2.05, 4.69) is 10.4 Å². The van der Waals surface area contributed by atoms with Gasteiger partial charge in [-0.1, -0.05) is 42.5 Å². The highest BCUT2D eigenvalue weighted by molar-refractivity contribution is 7.87. The molecule has 3 aromatic rings. The van der Waals surface area contributed by atoms with Gasteiger partial charge in [0.15, 0.2) is 0 Å². The molecule has 0 radical (unpaired) electrons. The number of thiazole rings is 1. The van der Waals surface area contributed by atoms with Gasteiger partial charge in [0, 0.05) is 17.4 Å². The van der Waals surface area contributed by atoms with E-state index in [-0.39, 0.29) is 0 Å². The average molecular weight is 360 g/mol. The van der Waals surface area contributed by atoms with Crippen LogP contribution in [0.3, 0.4) is 0 Å². The number of nitrogens with zero attached hydrogens (tertiary/aromatic N) is 1. The van der Waals surface area contributed by atoms with E-state index in [0.29, 0.717) is 5.69 Å². The van der Waals surface area contributed by atoms with E-state index in [9.17, 15) is 8.42 Å². The number of anilines is 1. The van der Waals surface area contributed by atoms with Crippen molar-refractivity contribution in [3.8, 4) is 11.3 Å². The number of hydrogen-bond donors (Lipinski definition) is 2. The van der Waals surface area contributed by atoms with E-state index in [4.69, 9.17) is 4.55 Å². The molecule has 5 nitrogen and oxygen atoms in total. The van der Waals surface area contributed by atoms with Gasteiger partial charge in [0.25, 0.3) is 0 Å². The lowest BCUT2D eigenvalue weighted by molar-refractivity contribution is 0.489. The fourth-order valence-electron chi connectivity index (χ4n) is 2.31. The van der Waals surface area contributed by atoms with Crippen molar-refractivity contribution in [2.45, 2.75) is 12.8 Å². The van der Waals surface area contributed by atoms with Gasteiger partial charge in [0.2, 0.25) is 0 Å². The van der Waals surface area contributed by atoms with E-state index < -0.39 is 10.3 Å². The van der Waals surface area contributed by atoms with Crippen LogP contribution in [0.25, 0.3) is 11.3 Å². The van der Waals surface area contributed by atoms with Gasteiger partial charge in [0.05, 0.1) is 16.4 Å². The van der Waals surface area contributed by atoms with Crippen LogP contribution in [0.5, 0.6) is 0 Å². The first-order chi connectivity index (χ1) is 11.5. The monoisotopic (exact) mass is 360 g/mol. The Morgan fingerprint density at radius 1 is 1.00 bits per heavy atom. The van der Waals surface area contributed by atoms with Crippen molar-refractivity contribution in [1.82, 2.24) is 4.98 Å². The average Bonchev–Trinajstić information content (AvgIpc) is 3.03. The smallest absolute Gasteiger partial charge is 0.269 e. The first-order valence-corrected chi connectivity index (χ1v) is 9.65. The maximum atomic E-state index is 10.8. The van der Waals surface area contributed by atoms with Crippen molar-refractivity contribution >= 4 is 27.3 Å². The largest absolute Gasteiger partial charge is 0.357 e. The van der Waals surface area contributed by atoms with Gasteiger partial charge in [-0.3, -0.25) is 9.27 Å². The molecule has 0 amide bonds. The molecule has 2 aromatic carbocycles. The van der Waals surface area contributed by atoms with Crippen molar-refractivity contribution in [2.75, 3.05) is 4.72 Å². The van der Waals surface area contributed by atoms with E-state index >= 15 is 0 Å². The van der Waals surface area contributed by atoms with Crippen LogP contribution in [0.4, 0.5) is 5.69 Å². The minimum absolute atomic E-state index is 0.335. The summed E-state index contributed by atoms with van der Waals surface area (Å²) in [5.41, 5.74) is 3.51. The summed E-state index contributed by atoms with van der Waals surface area (Å²) in [6, 6.07) is 17.0. The summed E-state index contributed by atoms with van der Waals surface area (Å²) in [5.74, 6) is 0. The zero-order chi connectivity index (χ0) is 17.0. The number of rotatable bonds is 6. The second-order valence-electron chi connectivity index (χ2n) is 5.27. The molecule has 0 aliphatic heterocycles. The van der Waals surface area contributed by atoms with E-state index in [1.54, 1.807) is 23.5 Å². The van der Waals surface area contributed by atoms with Gasteiger partial charge < -0.3 is 0 Å². The molecular formula is C17H16N2O3S2. The SMILES string of the molecule is O=S(=O)(O)Nc1ccc(CCc2nc(-c3ccccc3)cs2)cc1. The number of nitrogens with one attached hydrogen (secondary N) is 1. The fraction of sp³-hybridized carbons (Fsp3) is 0.118. The second kappa shape index (κ2) is 7.12. The summed E-state index contributed by atoms with van der Waals surface area (Å²) in [6.07, 6.45) is 1.64. The molecule has 0 unspecified atom stereocenters. The van der Waals surface area contributed by atoms with Crippen LogP contribution in [0.1, 0.15) is 10.6 Å².